The number of esters is 2. The lowest BCUT2D eigenvalue weighted by Crippen LogP contribution is -2.32. The molecule has 12 heteroatoms. The number of hydrogen-bond acceptors (Lipinski definition) is 10. The summed E-state index contributed by atoms with van der Waals surface area (Å²) >= 11 is 1.29. The predicted molar refractivity (Wildman–Crippen MR) is 161 cm³/mol. The van der Waals surface area contributed by atoms with Gasteiger partial charge in [-0.3, -0.25) is 9.59 Å². The van der Waals surface area contributed by atoms with Gasteiger partial charge in [0.05, 0.1) is 37.7 Å². The summed E-state index contributed by atoms with van der Waals surface area (Å²) in [5, 5.41) is 6.69. The van der Waals surface area contributed by atoms with Crippen molar-refractivity contribution in [1.29, 1.82) is 0 Å². The Morgan fingerprint density at radius 3 is 2.44 bits per heavy atom. The number of hydrazone groups is 1. The van der Waals surface area contributed by atoms with Crippen LogP contribution in [-0.2, 0) is 27.2 Å². The van der Waals surface area contributed by atoms with Gasteiger partial charge in [-0.2, -0.15) is 5.10 Å². The second-order valence-corrected chi connectivity index (χ2v) is 10.6. The van der Waals surface area contributed by atoms with Gasteiger partial charge >= 0.3 is 23.8 Å². The Morgan fingerprint density at radius 2 is 1.72 bits per heavy atom. The van der Waals surface area contributed by atoms with Crippen LogP contribution in [0.1, 0.15) is 69.8 Å². The molecule has 0 spiro atoms. The lowest BCUT2D eigenvalue weighted by atomic mass is 9.95. The summed E-state index contributed by atoms with van der Waals surface area (Å²) in [6.45, 7) is 4.50. The molecular weight excluding hydrogens is 574 g/mol. The van der Waals surface area contributed by atoms with Crippen LogP contribution in [-0.4, -0.2) is 50.3 Å². The van der Waals surface area contributed by atoms with Gasteiger partial charge < -0.3 is 24.3 Å². The fraction of sp³-hybridized carbons (Fsp3) is 0.323. The molecule has 2 amide bonds. The number of carbonyl (C=O) groups excluding carboxylic acids is 4. The van der Waals surface area contributed by atoms with E-state index in [1.807, 2.05) is 6.92 Å². The number of benzene rings is 2. The fourth-order valence-electron chi connectivity index (χ4n) is 4.36. The predicted octanol–water partition coefficient (Wildman–Crippen LogP) is 4.91. The van der Waals surface area contributed by atoms with Crippen LogP contribution >= 0.6 is 11.3 Å². The lowest BCUT2D eigenvalue weighted by Gasteiger charge is -2.12. The highest BCUT2D eigenvalue weighted by atomic mass is 32.1. The Balaban J connectivity index is 1.36. The van der Waals surface area contributed by atoms with Gasteiger partial charge in [-0.25, -0.2) is 15.0 Å². The number of ether oxygens (including phenoxy) is 4. The molecule has 0 bridgehead atoms. The molecule has 0 saturated heterocycles. The number of carbonyl (C=O) groups is 4. The molecule has 0 fully saturated rings. The third kappa shape index (κ3) is 7.98. The van der Waals surface area contributed by atoms with Crippen LogP contribution in [0.2, 0.25) is 0 Å². The number of thiophene rings is 1. The van der Waals surface area contributed by atoms with Gasteiger partial charge in [-0.05, 0) is 92.6 Å². The Labute approximate surface area is 253 Å². The molecule has 1 heterocycles. The summed E-state index contributed by atoms with van der Waals surface area (Å²) in [4.78, 5) is 51.3. The number of anilines is 1. The van der Waals surface area contributed by atoms with Crippen LogP contribution in [0, 0.1) is 0 Å². The number of aryl methyl sites for hydroxylation is 1. The molecule has 0 aliphatic heterocycles. The number of fused-ring (bicyclic) bond motifs is 1. The quantitative estimate of drug-likeness (QED) is 0.103. The first-order valence-corrected chi connectivity index (χ1v) is 14.7. The average molecular weight is 608 g/mol. The number of methoxy groups -OCH3 is 1. The molecule has 0 radical (unpaired) electrons. The first-order valence-electron chi connectivity index (χ1n) is 13.9. The Morgan fingerprint density at radius 1 is 0.953 bits per heavy atom. The first kappa shape index (κ1) is 31.2. The van der Waals surface area contributed by atoms with Crippen LogP contribution in [0.25, 0.3) is 0 Å². The third-order valence-electron chi connectivity index (χ3n) is 6.42. The van der Waals surface area contributed by atoms with Gasteiger partial charge in [0, 0.05) is 4.88 Å². The molecular formula is C31H33N3O8S. The highest BCUT2D eigenvalue weighted by Gasteiger charge is 2.28. The Kier molecular flexibility index (Phi) is 10.9. The molecule has 11 nitrogen and oxygen atoms in total. The van der Waals surface area contributed by atoms with Gasteiger partial charge in [0.15, 0.2) is 11.5 Å². The minimum absolute atomic E-state index is 0.190. The summed E-state index contributed by atoms with van der Waals surface area (Å²) in [7, 11) is 1.42. The zero-order valence-corrected chi connectivity index (χ0v) is 25.0. The van der Waals surface area contributed by atoms with Crippen molar-refractivity contribution >= 4 is 46.3 Å². The van der Waals surface area contributed by atoms with Crippen molar-refractivity contribution in [2.24, 2.45) is 5.10 Å². The van der Waals surface area contributed by atoms with E-state index in [4.69, 9.17) is 18.9 Å². The molecule has 4 rings (SSSR count). The summed E-state index contributed by atoms with van der Waals surface area (Å²) in [6.07, 6.45) is 5.65. The molecule has 0 atom stereocenters. The second-order valence-electron chi connectivity index (χ2n) is 9.46. The maximum Gasteiger partial charge on any atom is 0.343 e. The lowest BCUT2D eigenvalue weighted by molar-refractivity contribution is -0.136. The SMILES string of the molecule is CCCOc1ccc(C(=O)Oc2ccc(/C=N\NC(=O)C(=O)Nc3sc4c(c3C(=O)OCC)CCCC4)cc2OC)cc1. The van der Waals surface area contributed by atoms with Gasteiger partial charge in [0.1, 0.15) is 10.8 Å². The topological polar surface area (TPSA) is 142 Å². The van der Waals surface area contributed by atoms with Crippen LogP contribution in [0.4, 0.5) is 5.00 Å². The summed E-state index contributed by atoms with van der Waals surface area (Å²) in [5.74, 6) is -1.96. The maximum absolute atomic E-state index is 12.6. The van der Waals surface area contributed by atoms with Crippen LogP contribution < -0.4 is 25.0 Å². The largest absolute Gasteiger partial charge is 0.494 e. The van der Waals surface area contributed by atoms with Crippen LogP contribution in [0.5, 0.6) is 17.2 Å². The highest BCUT2D eigenvalue weighted by Crippen LogP contribution is 2.38. The van der Waals surface area contributed by atoms with Gasteiger partial charge in [-0.15, -0.1) is 11.3 Å². The van der Waals surface area contributed by atoms with Crippen molar-refractivity contribution in [2.75, 3.05) is 25.6 Å². The molecule has 2 aromatic carbocycles. The van der Waals surface area contributed by atoms with E-state index >= 15 is 0 Å². The molecule has 3 aromatic rings. The van der Waals surface area contributed by atoms with E-state index in [2.05, 4.69) is 15.8 Å². The first-order chi connectivity index (χ1) is 20.8. The molecule has 0 saturated carbocycles. The number of rotatable bonds is 11. The van der Waals surface area contributed by atoms with Crippen molar-refractivity contribution in [3.63, 3.8) is 0 Å². The summed E-state index contributed by atoms with van der Waals surface area (Å²) < 4.78 is 21.6. The van der Waals surface area contributed by atoms with Crippen molar-refractivity contribution in [2.45, 2.75) is 46.0 Å². The number of nitrogens with zero attached hydrogens (tertiary/aromatic N) is 1. The average Bonchev–Trinajstić information content (AvgIpc) is 3.38. The maximum atomic E-state index is 12.6. The number of nitrogens with one attached hydrogen (secondary N) is 2. The van der Waals surface area contributed by atoms with E-state index in [0.717, 1.165) is 42.5 Å². The fourth-order valence-corrected chi connectivity index (χ4v) is 5.64. The van der Waals surface area contributed by atoms with Crippen LogP contribution in [0.3, 0.4) is 0 Å². The van der Waals surface area contributed by atoms with Crippen molar-refractivity contribution in [3.05, 3.63) is 69.6 Å². The van der Waals surface area contributed by atoms with Crippen LogP contribution in [0.15, 0.2) is 47.6 Å². The number of amides is 2. The van der Waals surface area contributed by atoms with Crippen molar-refractivity contribution < 1.29 is 38.1 Å². The zero-order valence-electron chi connectivity index (χ0n) is 24.2. The van der Waals surface area contributed by atoms with E-state index < -0.39 is 23.8 Å². The van der Waals surface area contributed by atoms with Crippen molar-refractivity contribution in [1.82, 2.24) is 5.43 Å². The normalized spacial score (nSPS) is 12.3. The number of hydrogen-bond donors (Lipinski definition) is 2. The van der Waals surface area contributed by atoms with Gasteiger partial charge in [0.25, 0.3) is 0 Å². The molecule has 226 valence electrons. The molecule has 2 N–H and O–H groups in total. The van der Waals surface area contributed by atoms with E-state index in [0.29, 0.717) is 34.0 Å². The highest BCUT2D eigenvalue weighted by molar-refractivity contribution is 7.17. The Bertz CT molecular complexity index is 1510. The third-order valence-corrected chi connectivity index (χ3v) is 7.62. The second kappa shape index (κ2) is 15.0. The van der Waals surface area contributed by atoms with E-state index in [1.54, 1.807) is 43.3 Å². The molecule has 0 unspecified atom stereocenters. The van der Waals surface area contributed by atoms with Gasteiger partial charge in [-0.1, -0.05) is 6.92 Å². The minimum Gasteiger partial charge on any atom is -0.494 e. The standard InChI is InChI=1S/C31H33N3O8S/c1-4-16-41-21-13-11-20(12-14-21)30(37)42-23-15-10-19(17-24(23)39-3)18-32-34-28(36)27(35)33-29-26(31(38)40-5-2)22-8-6-7-9-25(22)43-29/h10-15,17-18H,4-9,16H2,1-3H3,(H,33,35)(H,34,36)/b32-18-. The monoisotopic (exact) mass is 607 g/mol. The smallest absolute Gasteiger partial charge is 0.343 e. The Hall–Kier alpha value is -4.71. The minimum atomic E-state index is -1.01. The van der Waals surface area contributed by atoms with E-state index in [9.17, 15) is 19.2 Å². The molecule has 43 heavy (non-hydrogen) atoms. The molecule has 1 aromatic heterocycles. The molecule has 1 aliphatic rings. The zero-order chi connectivity index (χ0) is 30.8. The van der Waals surface area contributed by atoms with E-state index in [-0.39, 0.29) is 18.1 Å². The van der Waals surface area contributed by atoms with Gasteiger partial charge in [0.2, 0.25) is 0 Å². The van der Waals surface area contributed by atoms with E-state index in [1.165, 1.54) is 30.7 Å². The molecule has 1 aliphatic carbocycles. The summed E-state index contributed by atoms with van der Waals surface area (Å²) in [6, 6.07) is 11.3. The summed E-state index contributed by atoms with van der Waals surface area (Å²) in [5.41, 5.74) is 4.22. The van der Waals surface area contributed by atoms with Crippen molar-refractivity contribution in [3.8, 4) is 17.2 Å².